The second-order valence-electron chi connectivity index (χ2n) is 3.58. The van der Waals surface area contributed by atoms with Crippen LogP contribution in [0.4, 0.5) is 8.78 Å². The summed E-state index contributed by atoms with van der Waals surface area (Å²) >= 11 is 0. The molecule has 0 radical (unpaired) electrons. The van der Waals surface area contributed by atoms with Crippen molar-refractivity contribution in [2.45, 2.75) is 26.1 Å². The summed E-state index contributed by atoms with van der Waals surface area (Å²) in [5.74, 6) is 0. The Bertz CT molecular complexity index is 90.2. The van der Waals surface area contributed by atoms with Gasteiger partial charge in [0.25, 0.3) is 6.43 Å². The molecule has 0 saturated carbocycles. The average molecular weight is 167 g/mol. The Morgan fingerprint density at radius 3 is 2.10 bits per heavy atom. The summed E-state index contributed by atoms with van der Waals surface area (Å²) < 4.78 is 23.1. The molecule has 0 rings (SSSR count). The summed E-state index contributed by atoms with van der Waals surface area (Å²) in [4.78, 5) is 0. The highest BCUT2D eigenvalue weighted by Gasteiger charge is 2.12. The first-order valence-electron chi connectivity index (χ1n) is 3.41. The molecule has 0 heterocycles. The summed E-state index contributed by atoms with van der Waals surface area (Å²) in [6.07, 6.45) is -1.44. The highest BCUT2D eigenvalue weighted by Crippen LogP contribution is 1.97. The van der Waals surface area contributed by atoms with Crippen molar-refractivity contribution in [3.8, 4) is 0 Å². The van der Waals surface area contributed by atoms with E-state index in [0.29, 0.717) is 0 Å². The van der Waals surface area contributed by atoms with Crippen LogP contribution in [0.1, 0.15) is 0 Å². The maximum atomic E-state index is 11.6. The van der Waals surface area contributed by atoms with Crippen LogP contribution in [0.25, 0.3) is 0 Å². The molecule has 0 spiro atoms. The highest BCUT2D eigenvalue weighted by atomic mass is 28.3. The van der Waals surface area contributed by atoms with Gasteiger partial charge in [0.05, 0.1) is 14.6 Å². The monoisotopic (exact) mass is 167 g/mol. The predicted octanol–water partition coefficient (Wildman–Crippen LogP) is 1.72. The van der Waals surface area contributed by atoms with Crippen molar-refractivity contribution >= 4 is 8.07 Å². The number of rotatable bonds is 4. The molecule has 0 aromatic rings. The molecular formula is C6H15F2NSi. The molecule has 10 heavy (non-hydrogen) atoms. The fourth-order valence-corrected chi connectivity index (χ4v) is 1.45. The smallest absolute Gasteiger partial charge is 0.250 e. The minimum Gasteiger partial charge on any atom is -0.314 e. The molecule has 4 heteroatoms. The standard InChI is InChI=1S/C6H15F2NSi/c1-10(2,3)5-9-4-6(7)8/h6,9H,4-5H2,1-3H3. The lowest BCUT2D eigenvalue weighted by Gasteiger charge is -2.15. The van der Waals surface area contributed by atoms with Gasteiger partial charge in [0.15, 0.2) is 0 Å². The molecule has 1 N–H and O–H groups in total. The minimum absolute atomic E-state index is 0.162. The lowest BCUT2D eigenvalue weighted by Crippen LogP contribution is -2.38. The second kappa shape index (κ2) is 4.03. The van der Waals surface area contributed by atoms with Crippen LogP contribution in [0.5, 0.6) is 0 Å². The molecule has 0 aliphatic carbocycles. The predicted molar refractivity (Wildman–Crippen MR) is 42.2 cm³/mol. The van der Waals surface area contributed by atoms with Gasteiger partial charge in [0.1, 0.15) is 0 Å². The van der Waals surface area contributed by atoms with E-state index in [2.05, 4.69) is 25.0 Å². The van der Waals surface area contributed by atoms with E-state index in [1.165, 1.54) is 0 Å². The third-order valence-electron chi connectivity index (χ3n) is 0.954. The molecule has 0 unspecified atom stereocenters. The Kier molecular flexibility index (Phi) is 4.04. The zero-order chi connectivity index (χ0) is 8.20. The van der Waals surface area contributed by atoms with Gasteiger partial charge in [-0.1, -0.05) is 19.6 Å². The van der Waals surface area contributed by atoms with Gasteiger partial charge in [0.2, 0.25) is 0 Å². The first kappa shape index (κ1) is 10.0. The Labute approximate surface area is 61.8 Å². The van der Waals surface area contributed by atoms with Crippen molar-refractivity contribution in [1.82, 2.24) is 5.32 Å². The Hall–Kier alpha value is 0.0369. The Morgan fingerprint density at radius 2 is 1.80 bits per heavy atom. The van der Waals surface area contributed by atoms with Crippen LogP contribution in [0.15, 0.2) is 0 Å². The van der Waals surface area contributed by atoms with Crippen LogP contribution in [-0.4, -0.2) is 27.2 Å². The van der Waals surface area contributed by atoms with Gasteiger partial charge in [-0.2, -0.15) is 0 Å². The number of hydrogen-bond acceptors (Lipinski definition) is 1. The molecule has 0 aliphatic heterocycles. The third-order valence-corrected chi connectivity index (χ3v) is 2.26. The number of halogens is 2. The number of alkyl halides is 2. The minimum atomic E-state index is -2.21. The molecule has 1 nitrogen and oxygen atoms in total. The van der Waals surface area contributed by atoms with Gasteiger partial charge in [-0.3, -0.25) is 0 Å². The van der Waals surface area contributed by atoms with Crippen LogP contribution in [0.2, 0.25) is 19.6 Å². The van der Waals surface area contributed by atoms with Gasteiger partial charge in [0, 0.05) is 0 Å². The first-order valence-corrected chi connectivity index (χ1v) is 7.11. The fraction of sp³-hybridized carbons (Fsp3) is 1.00. The highest BCUT2D eigenvalue weighted by molar-refractivity contribution is 6.76. The van der Waals surface area contributed by atoms with Crippen molar-refractivity contribution in [3.63, 3.8) is 0 Å². The molecule has 0 aromatic heterocycles. The van der Waals surface area contributed by atoms with Crippen molar-refractivity contribution in [2.24, 2.45) is 0 Å². The van der Waals surface area contributed by atoms with Gasteiger partial charge in [-0.05, 0) is 6.17 Å². The van der Waals surface area contributed by atoms with Crippen molar-refractivity contribution in [1.29, 1.82) is 0 Å². The largest absolute Gasteiger partial charge is 0.314 e. The normalized spacial score (nSPS) is 12.6. The van der Waals surface area contributed by atoms with Crippen LogP contribution in [-0.2, 0) is 0 Å². The van der Waals surface area contributed by atoms with Crippen LogP contribution < -0.4 is 5.32 Å². The van der Waals surface area contributed by atoms with E-state index >= 15 is 0 Å². The zero-order valence-electron chi connectivity index (χ0n) is 6.75. The molecule has 0 aliphatic rings. The molecule has 0 amide bonds. The van der Waals surface area contributed by atoms with E-state index < -0.39 is 14.5 Å². The molecule has 62 valence electrons. The van der Waals surface area contributed by atoms with Crippen molar-refractivity contribution < 1.29 is 8.78 Å². The summed E-state index contributed by atoms with van der Waals surface area (Å²) in [7, 11) is -1.17. The Balaban J connectivity index is 3.21. The molecule has 0 aromatic carbocycles. The molecule has 0 atom stereocenters. The molecule has 0 bridgehead atoms. The number of nitrogens with one attached hydrogen (secondary N) is 1. The SMILES string of the molecule is C[Si](C)(C)CNCC(F)F. The van der Waals surface area contributed by atoms with Gasteiger partial charge in [-0.15, -0.1) is 0 Å². The van der Waals surface area contributed by atoms with E-state index in [1.807, 2.05) is 0 Å². The fourth-order valence-electron chi connectivity index (χ4n) is 0.556. The van der Waals surface area contributed by atoms with E-state index in [-0.39, 0.29) is 6.54 Å². The van der Waals surface area contributed by atoms with Crippen molar-refractivity contribution in [3.05, 3.63) is 0 Å². The topological polar surface area (TPSA) is 12.0 Å². The van der Waals surface area contributed by atoms with Crippen LogP contribution >= 0.6 is 0 Å². The van der Waals surface area contributed by atoms with Crippen molar-refractivity contribution in [2.75, 3.05) is 12.7 Å². The first-order chi connectivity index (χ1) is 4.42. The van der Waals surface area contributed by atoms with E-state index in [9.17, 15) is 8.78 Å². The number of hydrogen-bond donors (Lipinski definition) is 1. The van der Waals surface area contributed by atoms with E-state index in [1.54, 1.807) is 0 Å². The van der Waals surface area contributed by atoms with Crippen LogP contribution in [0, 0.1) is 0 Å². The van der Waals surface area contributed by atoms with E-state index in [4.69, 9.17) is 0 Å². The van der Waals surface area contributed by atoms with Gasteiger partial charge < -0.3 is 5.32 Å². The van der Waals surface area contributed by atoms with Gasteiger partial charge in [-0.25, -0.2) is 8.78 Å². The summed E-state index contributed by atoms with van der Waals surface area (Å²) in [5.41, 5.74) is 0. The molecular weight excluding hydrogens is 152 g/mol. The summed E-state index contributed by atoms with van der Waals surface area (Å²) in [6, 6.07) is 0. The molecule has 0 fully saturated rings. The van der Waals surface area contributed by atoms with E-state index in [0.717, 1.165) is 6.17 Å². The van der Waals surface area contributed by atoms with Crippen LogP contribution in [0.3, 0.4) is 0 Å². The quantitative estimate of drug-likeness (QED) is 0.629. The maximum absolute atomic E-state index is 11.6. The maximum Gasteiger partial charge on any atom is 0.250 e. The molecule has 0 saturated heterocycles. The Morgan fingerprint density at radius 1 is 1.30 bits per heavy atom. The second-order valence-corrected chi connectivity index (χ2v) is 9.06. The lowest BCUT2D eigenvalue weighted by atomic mass is 10.7. The lowest BCUT2D eigenvalue weighted by molar-refractivity contribution is 0.148. The average Bonchev–Trinajstić information content (AvgIpc) is 1.59. The van der Waals surface area contributed by atoms with Gasteiger partial charge >= 0.3 is 0 Å². The third kappa shape index (κ3) is 8.04. The zero-order valence-corrected chi connectivity index (χ0v) is 7.75. The summed E-state index contributed by atoms with van der Waals surface area (Å²) in [5, 5.41) is 2.74. The summed E-state index contributed by atoms with van der Waals surface area (Å²) in [6.45, 7) is 6.27.